The molecule has 2 aliphatic rings. The smallest absolute Gasteiger partial charge is 0.254 e. The van der Waals surface area contributed by atoms with Crippen LogP contribution in [0.25, 0.3) is 0 Å². The van der Waals surface area contributed by atoms with Gasteiger partial charge in [0.1, 0.15) is 0 Å². The fourth-order valence-corrected chi connectivity index (χ4v) is 5.77. The van der Waals surface area contributed by atoms with Gasteiger partial charge in [-0.05, 0) is 43.9 Å². The van der Waals surface area contributed by atoms with E-state index in [0.717, 1.165) is 31.2 Å². The number of hydrogen-bond acceptors (Lipinski definition) is 6. The SMILES string of the molecule is COCCCNC(=O)CN1CCN(C(=O)c2cc(S(=O)(=O)N3CCCCC3)ccc2C)CC1. The van der Waals surface area contributed by atoms with Gasteiger partial charge in [0.2, 0.25) is 15.9 Å². The van der Waals surface area contributed by atoms with Crippen molar-refractivity contribution in [3.05, 3.63) is 29.3 Å². The lowest BCUT2D eigenvalue weighted by Crippen LogP contribution is -2.51. The molecule has 0 atom stereocenters. The van der Waals surface area contributed by atoms with Crippen molar-refractivity contribution < 1.29 is 22.7 Å². The lowest BCUT2D eigenvalue weighted by Gasteiger charge is -2.34. The van der Waals surface area contributed by atoms with Crippen LogP contribution in [-0.4, -0.2) is 100 Å². The highest BCUT2D eigenvalue weighted by Gasteiger charge is 2.29. The van der Waals surface area contributed by atoms with E-state index in [-0.39, 0.29) is 16.7 Å². The third-order valence-corrected chi connectivity index (χ3v) is 8.16. The van der Waals surface area contributed by atoms with Crippen LogP contribution in [0.5, 0.6) is 0 Å². The molecule has 0 radical (unpaired) electrons. The molecule has 2 aliphatic heterocycles. The number of rotatable bonds is 9. The molecule has 0 spiro atoms. The molecule has 0 aliphatic carbocycles. The number of amides is 2. The second-order valence-electron chi connectivity index (χ2n) is 8.71. The van der Waals surface area contributed by atoms with E-state index in [2.05, 4.69) is 5.32 Å². The number of carbonyl (C=O) groups excluding carboxylic acids is 2. The number of hydrogen-bond donors (Lipinski definition) is 1. The summed E-state index contributed by atoms with van der Waals surface area (Å²) >= 11 is 0. The first kappa shape index (κ1) is 25.6. The van der Waals surface area contributed by atoms with Gasteiger partial charge in [-0.3, -0.25) is 14.5 Å². The molecule has 1 aromatic rings. The molecular formula is C23H36N4O5S. The number of ether oxygens (including phenoxy) is 1. The molecule has 10 heteroatoms. The molecule has 0 saturated carbocycles. The summed E-state index contributed by atoms with van der Waals surface area (Å²) in [5.74, 6) is -0.191. The monoisotopic (exact) mass is 480 g/mol. The zero-order chi connectivity index (χ0) is 23.8. The predicted octanol–water partition coefficient (Wildman–Crippen LogP) is 1.08. The summed E-state index contributed by atoms with van der Waals surface area (Å²) in [6.45, 7) is 6.58. The normalized spacial score (nSPS) is 18.3. The van der Waals surface area contributed by atoms with Crippen LogP contribution >= 0.6 is 0 Å². The first-order valence-corrected chi connectivity index (χ1v) is 13.1. The molecule has 184 valence electrons. The molecule has 9 nitrogen and oxygen atoms in total. The number of aryl methyl sites for hydroxylation is 1. The van der Waals surface area contributed by atoms with Gasteiger partial charge in [0.25, 0.3) is 5.91 Å². The van der Waals surface area contributed by atoms with Crippen molar-refractivity contribution in [1.82, 2.24) is 19.4 Å². The molecule has 1 N–H and O–H groups in total. The first-order chi connectivity index (χ1) is 15.8. The number of benzene rings is 1. The lowest BCUT2D eigenvalue weighted by molar-refractivity contribution is -0.122. The zero-order valence-electron chi connectivity index (χ0n) is 19.7. The van der Waals surface area contributed by atoms with Gasteiger partial charge in [-0.1, -0.05) is 12.5 Å². The van der Waals surface area contributed by atoms with Crippen molar-refractivity contribution in [2.24, 2.45) is 0 Å². The molecular weight excluding hydrogens is 444 g/mol. The van der Waals surface area contributed by atoms with Crippen LogP contribution in [0.3, 0.4) is 0 Å². The molecule has 33 heavy (non-hydrogen) atoms. The second-order valence-corrected chi connectivity index (χ2v) is 10.6. The van der Waals surface area contributed by atoms with Gasteiger partial charge >= 0.3 is 0 Å². The Hall–Kier alpha value is -2.01. The van der Waals surface area contributed by atoms with Crippen LogP contribution < -0.4 is 5.32 Å². The molecule has 0 bridgehead atoms. The van der Waals surface area contributed by atoms with Crippen LogP contribution in [0.4, 0.5) is 0 Å². The van der Waals surface area contributed by atoms with Crippen LogP contribution in [0.15, 0.2) is 23.1 Å². The van der Waals surface area contributed by atoms with E-state index in [0.29, 0.717) is 64.5 Å². The van der Waals surface area contributed by atoms with Crippen LogP contribution in [-0.2, 0) is 19.6 Å². The van der Waals surface area contributed by atoms with Gasteiger partial charge in [0.05, 0.1) is 11.4 Å². The summed E-state index contributed by atoms with van der Waals surface area (Å²) < 4.78 is 32.6. The number of nitrogens with one attached hydrogen (secondary N) is 1. The summed E-state index contributed by atoms with van der Waals surface area (Å²) in [7, 11) is -1.96. The topological polar surface area (TPSA) is 99.3 Å². The fourth-order valence-electron chi connectivity index (χ4n) is 4.23. The van der Waals surface area contributed by atoms with E-state index in [1.54, 1.807) is 24.1 Å². The summed E-state index contributed by atoms with van der Waals surface area (Å²) in [4.78, 5) is 29.3. The Labute approximate surface area is 197 Å². The molecule has 3 rings (SSSR count). The highest BCUT2D eigenvalue weighted by Crippen LogP contribution is 2.24. The van der Waals surface area contributed by atoms with E-state index < -0.39 is 10.0 Å². The summed E-state index contributed by atoms with van der Waals surface area (Å²) in [5, 5.41) is 2.88. The van der Waals surface area contributed by atoms with E-state index in [1.807, 2.05) is 11.8 Å². The minimum absolute atomic E-state index is 0.0302. The lowest BCUT2D eigenvalue weighted by atomic mass is 10.1. The quantitative estimate of drug-likeness (QED) is 0.531. The minimum atomic E-state index is -3.60. The third-order valence-electron chi connectivity index (χ3n) is 6.27. The average Bonchev–Trinajstić information content (AvgIpc) is 2.82. The first-order valence-electron chi connectivity index (χ1n) is 11.7. The zero-order valence-corrected chi connectivity index (χ0v) is 20.5. The molecule has 0 unspecified atom stereocenters. The van der Waals surface area contributed by atoms with Crippen LogP contribution in [0, 0.1) is 6.92 Å². The molecule has 2 saturated heterocycles. The third kappa shape index (κ3) is 6.75. The van der Waals surface area contributed by atoms with Gasteiger partial charge in [-0.25, -0.2) is 8.42 Å². The Morgan fingerprint density at radius 3 is 2.39 bits per heavy atom. The number of methoxy groups -OCH3 is 1. The molecule has 2 fully saturated rings. The molecule has 2 heterocycles. The minimum Gasteiger partial charge on any atom is -0.385 e. The average molecular weight is 481 g/mol. The summed E-state index contributed by atoms with van der Waals surface area (Å²) in [6, 6.07) is 4.84. The Balaban J connectivity index is 1.58. The number of piperidine rings is 1. The molecule has 1 aromatic carbocycles. The Morgan fingerprint density at radius 1 is 1.03 bits per heavy atom. The maximum atomic E-state index is 13.2. The molecule has 2 amide bonds. The van der Waals surface area contributed by atoms with Gasteiger partial charge in [-0.15, -0.1) is 0 Å². The summed E-state index contributed by atoms with van der Waals surface area (Å²) in [6.07, 6.45) is 3.56. The van der Waals surface area contributed by atoms with Crippen molar-refractivity contribution in [2.45, 2.75) is 37.5 Å². The molecule has 0 aromatic heterocycles. The van der Waals surface area contributed by atoms with Gasteiger partial charge in [-0.2, -0.15) is 4.31 Å². The highest BCUT2D eigenvalue weighted by atomic mass is 32.2. The maximum Gasteiger partial charge on any atom is 0.254 e. The van der Waals surface area contributed by atoms with Crippen molar-refractivity contribution in [1.29, 1.82) is 0 Å². The summed E-state index contributed by atoms with van der Waals surface area (Å²) in [5.41, 5.74) is 1.19. The Bertz CT molecular complexity index is 923. The fraction of sp³-hybridized carbons (Fsp3) is 0.652. The van der Waals surface area contributed by atoms with E-state index >= 15 is 0 Å². The van der Waals surface area contributed by atoms with E-state index in [9.17, 15) is 18.0 Å². The maximum absolute atomic E-state index is 13.2. The van der Waals surface area contributed by atoms with Crippen LogP contribution in [0.1, 0.15) is 41.6 Å². The number of sulfonamides is 1. The predicted molar refractivity (Wildman–Crippen MR) is 126 cm³/mol. The Kier molecular flexibility index (Phi) is 9.25. The van der Waals surface area contributed by atoms with Crippen molar-refractivity contribution >= 4 is 21.8 Å². The van der Waals surface area contributed by atoms with Gasteiger partial charge in [0, 0.05) is 65.1 Å². The van der Waals surface area contributed by atoms with Crippen molar-refractivity contribution in [2.75, 3.05) is 66.1 Å². The van der Waals surface area contributed by atoms with Gasteiger partial charge in [0.15, 0.2) is 0 Å². The van der Waals surface area contributed by atoms with E-state index in [4.69, 9.17) is 4.74 Å². The largest absolute Gasteiger partial charge is 0.385 e. The van der Waals surface area contributed by atoms with Gasteiger partial charge < -0.3 is 15.0 Å². The van der Waals surface area contributed by atoms with Crippen molar-refractivity contribution in [3.63, 3.8) is 0 Å². The number of nitrogens with zero attached hydrogens (tertiary/aromatic N) is 3. The number of carbonyl (C=O) groups is 2. The second kappa shape index (κ2) is 11.9. The van der Waals surface area contributed by atoms with Crippen molar-refractivity contribution in [3.8, 4) is 0 Å². The number of piperazine rings is 1. The van der Waals surface area contributed by atoms with E-state index in [1.165, 1.54) is 10.4 Å². The highest BCUT2D eigenvalue weighted by molar-refractivity contribution is 7.89. The Morgan fingerprint density at radius 2 is 1.73 bits per heavy atom. The van der Waals surface area contributed by atoms with Crippen LogP contribution in [0.2, 0.25) is 0 Å². The standard InChI is InChI=1S/C23H36N4O5S/c1-19-7-8-20(33(30,31)27-10-4-3-5-11-27)17-21(19)23(29)26-14-12-25(13-15-26)18-22(28)24-9-6-16-32-2/h7-8,17H,3-6,9-16,18H2,1-2H3,(H,24,28).